The Labute approximate surface area is 155 Å². The molecule has 0 unspecified atom stereocenters. The molecule has 0 aliphatic carbocycles. The maximum absolute atomic E-state index is 12.4. The summed E-state index contributed by atoms with van der Waals surface area (Å²) in [5, 5.41) is 2.72. The molecule has 7 nitrogen and oxygen atoms in total. The van der Waals surface area contributed by atoms with E-state index in [9.17, 15) is 19.2 Å². The van der Waals surface area contributed by atoms with Crippen LogP contribution in [0.4, 0.5) is 5.69 Å². The number of imide groups is 1. The average Bonchev–Trinajstić information content (AvgIpc) is 3.00. The standard InChI is InChI=1S/C20H18N2O5/c1-27-20(26)15-3-2-4-16(11-15)21-19(25)14-7-5-13(6-8-14)12-22-17(23)9-10-18(22)24/h2-8,11H,9-10,12H2,1H3,(H,21,25). The minimum Gasteiger partial charge on any atom is -0.465 e. The molecule has 138 valence electrons. The van der Waals surface area contributed by atoms with Gasteiger partial charge in [-0.2, -0.15) is 0 Å². The molecule has 1 saturated heterocycles. The third kappa shape index (κ3) is 4.20. The summed E-state index contributed by atoms with van der Waals surface area (Å²) in [7, 11) is 1.29. The van der Waals surface area contributed by atoms with Gasteiger partial charge in [-0.1, -0.05) is 18.2 Å². The van der Waals surface area contributed by atoms with Crippen LogP contribution in [-0.4, -0.2) is 35.7 Å². The highest BCUT2D eigenvalue weighted by atomic mass is 16.5. The number of amides is 3. The van der Waals surface area contributed by atoms with E-state index in [-0.39, 0.29) is 37.1 Å². The molecule has 0 bridgehead atoms. The molecule has 27 heavy (non-hydrogen) atoms. The van der Waals surface area contributed by atoms with Gasteiger partial charge in [0.25, 0.3) is 5.91 Å². The first kappa shape index (κ1) is 18.3. The van der Waals surface area contributed by atoms with Crippen molar-refractivity contribution in [2.75, 3.05) is 12.4 Å². The number of nitrogens with zero attached hydrogens (tertiary/aromatic N) is 1. The number of likely N-dealkylation sites (tertiary alicyclic amines) is 1. The molecule has 0 saturated carbocycles. The topological polar surface area (TPSA) is 92.8 Å². The first-order valence-corrected chi connectivity index (χ1v) is 8.40. The molecule has 0 aromatic heterocycles. The molecular formula is C20H18N2O5. The van der Waals surface area contributed by atoms with Gasteiger partial charge in [-0.15, -0.1) is 0 Å². The van der Waals surface area contributed by atoms with Gasteiger partial charge >= 0.3 is 5.97 Å². The Kier molecular flexibility index (Phi) is 5.30. The maximum atomic E-state index is 12.4. The minimum atomic E-state index is -0.485. The summed E-state index contributed by atoms with van der Waals surface area (Å²) >= 11 is 0. The molecule has 2 aromatic rings. The molecule has 3 amide bonds. The van der Waals surface area contributed by atoms with Crippen LogP contribution in [0.25, 0.3) is 0 Å². The fourth-order valence-electron chi connectivity index (χ4n) is 2.79. The first-order valence-electron chi connectivity index (χ1n) is 8.40. The van der Waals surface area contributed by atoms with Crippen molar-refractivity contribution in [2.45, 2.75) is 19.4 Å². The second-order valence-electron chi connectivity index (χ2n) is 6.10. The molecule has 0 radical (unpaired) electrons. The van der Waals surface area contributed by atoms with Crippen LogP contribution in [0.1, 0.15) is 39.1 Å². The van der Waals surface area contributed by atoms with Crippen LogP contribution in [-0.2, 0) is 20.9 Å². The lowest BCUT2D eigenvalue weighted by Crippen LogP contribution is -2.28. The van der Waals surface area contributed by atoms with E-state index in [0.29, 0.717) is 16.8 Å². The summed E-state index contributed by atoms with van der Waals surface area (Å²) in [6.45, 7) is 0.209. The van der Waals surface area contributed by atoms with Gasteiger partial charge in [-0.25, -0.2) is 4.79 Å². The number of benzene rings is 2. The van der Waals surface area contributed by atoms with Crippen LogP contribution in [0.5, 0.6) is 0 Å². The lowest BCUT2D eigenvalue weighted by atomic mass is 10.1. The number of esters is 1. The monoisotopic (exact) mass is 366 g/mol. The van der Waals surface area contributed by atoms with Gasteiger partial charge in [-0.05, 0) is 35.9 Å². The number of carbonyl (C=O) groups is 4. The minimum absolute atomic E-state index is 0.174. The second-order valence-corrected chi connectivity index (χ2v) is 6.10. The predicted octanol–water partition coefficient (Wildman–Crippen LogP) is 2.37. The van der Waals surface area contributed by atoms with Gasteiger partial charge in [0, 0.05) is 24.1 Å². The highest BCUT2D eigenvalue weighted by molar-refractivity contribution is 6.05. The van der Waals surface area contributed by atoms with E-state index in [4.69, 9.17) is 0 Å². The van der Waals surface area contributed by atoms with Crippen LogP contribution < -0.4 is 5.32 Å². The molecule has 0 atom stereocenters. The number of nitrogens with one attached hydrogen (secondary N) is 1. The van der Waals surface area contributed by atoms with E-state index in [1.807, 2.05) is 0 Å². The Bertz CT molecular complexity index is 889. The Morgan fingerprint density at radius 2 is 1.67 bits per heavy atom. The van der Waals surface area contributed by atoms with Gasteiger partial charge in [-0.3, -0.25) is 19.3 Å². The zero-order valence-electron chi connectivity index (χ0n) is 14.7. The third-order valence-corrected chi connectivity index (χ3v) is 4.25. The quantitative estimate of drug-likeness (QED) is 0.648. The molecular weight excluding hydrogens is 348 g/mol. The summed E-state index contributed by atoms with van der Waals surface area (Å²) in [5.41, 5.74) is 2.00. The van der Waals surface area contributed by atoms with Gasteiger partial charge in [0.2, 0.25) is 11.8 Å². The lowest BCUT2D eigenvalue weighted by Gasteiger charge is -2.14. The van der Waals surface area contributed by atoms with Crippen LogP contribution in [0.15, 0.2) is 48.5 Å². The van der Waals surface area contributed by atoms with Crippen molar-refractivity contribution in [2.24, 2.45) is 0 Å². The fraction of sp³-hybridized carbons (Fsp3) is 0.200. The van der Waals surface area contributed by atoms with Crippen molar-refractivity contribution in [1.29, 1.82) is 0 Å². The smallest absolute Gasteiger partial charge is 0.337 e. The summed E-state index contributed by atoms with van der Waals surface area (Å²) in [4.78, 5) is 48.5. The molecule has 7 heteroatoms. The molecule has 0 spiro atoms. The van der Waals surface area contributed by atoms with Crippen molar-refractivity contribution in [1.82, 2.24) is 4.90 Å². The molecule has 3 rings (SSSR count). The average molecular weight is 366 g/mol. The summed E-state index contributed by atoms with van der Waals surface area (Å²) in [6.07, 6.45) is 0.508. The normalized spacial score (nSPS) is 13.6. The molecule has 1 fully saturated rings. The number of ether oxygens (including phenoxy) is 1. The Balaban J connectivity index is 1.66. The number of anilines is 1. The van der Waals surface area contributed by atoms with E-state index in [0.717, 1.165) is 5.56 Å². The SMILES string of the molecule is COC(=O)c1cccc(NC(=O)c2ccc(CN3C(=O)CCC3=O)cc2)c1. The molecule has 1 aliphatic heterocycles. The van der Waals surface area contributed by atoms with Crippen molar-refractivity contribution in [3.63, 3.8) is 0 Å². The van der Waals surface area contributed by atoms with E-state index in [2.05, 4.69) is 10.1 Å². The first-order chi connectivity index (χ1) is 13.0. The van der Waals surface area contributed by atoms with Gasteiger partial charge in [0.15, 0.2) is 0 Å². The summed E-state index contributed by atoms with van der Waals surface area (Å²) < 4.78 is 4.66. The third-order valence-electron chi connectivity index (χ3n) is 4.25. The van der Waals surface area contributed by atoms with Crippen molar-refractivity contribution < 1.29 is 23.9 Å². The Morgan fingerprint density at radius 1 is 1.00 bits per heavy atom. The molecule has 2 aromatic carbocycles. The van der Waals surface area contributed by atoms with Crippen molar-refractivity contribution in [3.05, 3.63) is 65.2 Å². The maximum Gasteiger partial charge on any atom is 0.337 e. The van der Waals surface area contributed by atoms with Gasteiger partial charge in [0.1, 0.15) is 0 Å². The lowest BCUT2D eigenvalue weighted by molar-refractivity contribution is -0.139. The zero-order chi connectivity index (χ0) is 19.4. The van der Waals surface area contributed by atoms with Crippen LogP contribution in [0.3, 0.4) is 0 Å². The number of hydrogen-bond acceptors (Lipinski definition) is 5. The van der Waals surface area contributed by atoms with E-state index in [1.54, 1.807) is 42.5 Å². The van der Waals surface area contributed by atoms with Crippen molar-refractivity contribution in [3.8, 4) is 0 Å². The predicted molar refractivity (Wildman–Crippen MR) is 97.0 cm³/mol. The molecule has 1 heterocycles. The fourth-order valence-corrected chi connectivity index (χ4v) is 2.79. The van der Waals surface area contributed by atoms with Gasteiger partial charge in [0.05, 0.1) is 19.2 Å². The van der Waals surface area contributed by atoms with E-state index >= 15 is 0 Å². The summed E-state index contributed by atoms with van der Waals surface area (Å²) in [5.74, 6) is -1.17. The van der Waals surface area contributed by atoms with Gasteiger partial charge < -0.3 is 10.1 Å². The number of hydrogen-bond donors (Lipinski definition) is 1. The zero-order valence-corrected chi connectivity index (χ0v) is 14.7. The highest BCUT2D eigenvalue weighted by Gasteiger charge is 2.28. The number of rotatable bonds is 5. The largest absolute Gasteiger partial charge is 0.465 e. The van der Waals surface area contributed by atoms with Crippen molar-refractivity contribution >= 4 is 29.4 Å². The van der Waals surface area contributed by atoms with Crippen LogP contribution in [0, 0.1) is 0 Å². The highest BCUT2D eigenvalue weighted by Crippen LogP contribution is 2.17. The number of carbonyl (C=O) groups excluding carboxylic acids is 4. The molecule has 1 N–H and O–H groups in total. The van der Waals surface area contributed by atoms with Crippen LogP contribution >= 0.6 is 0 Å². The second kappa shape index (κ2) is 7.82. The summed E-state index contributed by atoms with van der Waals surface area (Å²) in [6, 6.07) is 13.1. The van der Waals surface area contributed by atoms with E-state index in [1.165, 1.54) is 18.1 Å². The Morgan fingerprint density at radius 3 is 2.30 bits per heavy atom. The van der Waals surface area contributed by atoms with E-state index < -0.39 is 5.97 Å². The van der Waals surface area contributed by atoms with Crippen LogP contribution in [0.2, 0.25) is 0 Å². The Hall–Kier alpha value is -3.48. The number of methoxy groups -OCH3 is 1. The molecule has 1 aliphatic rings.